The number of carbonyl (C=O) groups excluding carboxylic acids is 1. The molecule has 0 saturated heterocycles. The minimum atomic E-state index is -0.459. The molecule has 2 nitrogen and oxygen atoms in total. The molecule has 2 aromatic rings. The first-order chi connectivity index (χ1) is 9.11. The average Bonchev–Trinajstić information content (AvgIpc) is 2.39. The highest BCUT2D eigenvalue weighted by Gasteiger charge is 2.14. The van der Waals surface area contributed by atoms with Crippen LogP contribution in [-0.4, -0.2) is 12.9 Å². The van der Waals surface area contributed by atoms with Gasteiger partial charge in [0.25, 0.3) is 0 Å². The van der Waals surface area contributed by atoms with Crippen molar-refractivity contribution in [2.45, 2.75) is 6.42 Å². The summed E-state index contributed by atoms with van der Waals surface area (Å²) in [5.41, 5.74) is 1.09. The normalized spacial score (nSPS) is 10.3. The van der Waals surface area contributed by atoms with Crippen LogP contribution in [0.2, 0.25) is 5.02 Å². The second kappa shape index (κ2) is 5.85. The lowest BCUT2D eigenvalue weighted by Gasteiger charge is -2.08. The molecule has 0 aliphatic carbocycles. The molecule has 0 spiro atoms. The molecule has 0 atom stereocenters. The van der Waals surface area contributed by atoms with Crippen LogP contribution < -0.4 is 4.74 Å². The van der Waals surface area contributed by atoms with E-state index in [0.717, 1.165) is 11.6 Å². The van der Waals surface area contributed by atoms with Crippen molar-refractivity contribution in [2.24, 2.45) is 0 Å². The van der Waals surface area contributed by atoms with Crippen LogP contribution >= 0.6 is 11.6 Å². The van der Waals surface area contributed by atoms with E-state index in [-0.39, 0.29) is 17.2 Å². The monoisotopic (exact) mass is 278 g/mol. The lowest BCUT2D eigenvalue weighted by atomic mass is 10.0. The van der Waals surface area contributed by atoms with Gasteiger partial charge in [-0.05, 0) is 24.3 Å². The third-order valence-electron chi connectivity index (χ3n) is 2.78. The summed E-state index contributed by atoms with van der Waals surface area (Å²) in [7, 11) is 1.55. The van der Waals surface area contributed by atoms with E-state index in [0.29, 0.717) is 11.3 Å². The van der Waals surface area contributed by atoms with E-state index in [2.05, 4.69) is 0 Å². The fourth-order valence-electron chi connectivity index (χ4n) is 1.83. The van der Waals surface area contributed by atoms with Gasteiger partial charge in [0.1, 0.15) is 11.6 Å². The standard InChI is InChI=1S/C15H12ClFO2/c1-19-15-5-3-2-4-10(15)8-14(18)12-7-6-11(17)9-13(12)16/h2-7,9H,8H2,1H3. The Kier molecular flexibility index (Phi) is 4.17. The number of methoxy groups -OCH3 is 1. The second-order valence-electron chi connectivity index (χ2n) is 4.04. The van der Waals surface area contributed by atoms with Gasteiger partial charge in [0.05, 0.1) is 12.1 Å². The summed E-state index contributed by atoms with van der Waals surface area (Å²) in [6.45, 7) is 0. The molecule has 0 bridgehead atoms. The van der Waals surface area contributed by atoms with Crippen molar-refractivity contribution in [1.82, 2.24) is 0 Å². The van der Waals surface area contributed by atoms with Gasteiger partial charge in [0.2, 0.25) is 0 Å². The van der Waals surface area contributed by atoms with E-state index < -0.39 is 5.82 Å². The van der Waals surface area contributed by atoms with Gasteiger partial charge in [-0.2, -0.15) is 0 Å². The maximum Gasteiger partial charge on any atom is 0.168 e. The maximum atomic E-state index is 12.9. The molecule has 0 N–H and O–H groups in total. The molecule has 4 heteroatoms. The maximum absolute atomic E-state index is 12.9. The van der Waals surface area contributed by atoms with Gasteiger partial charge in [-0.1, -0.05) is 29.8 Å². The van der Waals surface area contributed by atoms with E-state index in [1.165, 1.54) is 12.1 Å². The summed E-state index contributed by atoms with van der Waals surface area (Å²) in [5, 5.41) is 0.125. The van der Waals surface area contributed by atoms with E-state index in [1.807, 2.05) is 18.2 Å². The molecular weight excluding hydrogens is 267 g/mol. The van der Waals surface area contributed by atoms with Crippen LogP contribution in [0.5, 0.6) is 5.75 Å². The minimum absolute atomic E-state index is 0.125. The topological polar surface area (TPSA) is 26.3 Å². The Hall–Kier alpha value is -1.87. The molecule has 19 heavy (non-hydrogen) atoms. The van der Waals surface area contributed by atoms with Gasteiger partial charge in [-0.25, -0.2) is 4.39 Å². The quantitative estimate of drug-likeness (QED) is 0.793. The zero-order valence-corrected chi connectivity index (χ0v) is 11.1. The molecule has 98 valence electrons. The lowest BCUT2D eigenvalue weighted by Crippen LogP contribution is -2.05. The van der Waals surface area contributed by atoms with E-state index in [4.69, 9.17) is 16.3 Å². The Labute approximate surface area is 115 Å². The van der Waals surface area contributed by atoms with Crippen molar-refractivity contribution in [3.05, 3.63) is 64.4 Å². The molecule has 0 amide bonds. The number of para-hydroxylation sites is 1. The predicted molar refractivity (Wildman–Crippen MR) is 72.4 cm³/mol. The number of hydrogen-bond donors (Lipinski definition) is 0. The van der Waals surface area contributed by atoms with Crippen LogP contribution in [0, 0.1) is 5.82 Å². The van der Waals surface area contributed by atoms with Crippen LogP contribution in [-0.2, 0) is 6.42 Å². The van der Waals surface area contributed by atoms with Gasteiger partial charge in [-0.15, -0.1) is 0 Å². The number of Topliss-reactive ketones (excluding diaryl/α,β-unsaturated/α-hetero) is 1. The highest BCUT2D eigenvalue weighted by molar-refractivity contribution is 6.34. The molecule has 0 unspecified atom stereocenters. The first-order valence-corrected chi connectivity index (χ1v) is 6.09. The van der Waals surface area contributed by atoms with Gasteiger partial charge in [0, 0.05) is 17.5 Å². The summed E-state index contributed by atoms with van der Waals surface area (Å²) < 4.78 is 18.1. The fraction of sp³-hybridized carbons (Fsp3) is 0.133. The highest BCUT2D eigenvalue weighted by atomic mass is 35.5. The summed E-state index contributed by atoms with van der Waals surface area (Å²) in [5.74, 6) is 0.0161. The summed E-state index contributed by atoms with van der Waals surface area (Å²) >= 11 is 5.87. The summed E-state index contributed by atoms with van der Waals surface area (Å²) in [6.07, 6.45) is 0.162. The third kappa shape index (κ3) is 3.12. The molecule has 0 aliphatic heterocycles. The number of ketones is 1. The van der Waals surface area contributed by atoms with Gasteiger partial charge >= 0.3 is 0 Å². The van der Waals surface area contributed by atoms with E-state index >= 15 is 0 Å². The van der Waals surface area contributed by atoms with Crippen molar-refractivity contribution >= 4 is 17.4 Å². The average molecular weight is 279 g/mol. The van der Waals surface area contributed by atoms with Gasteiger partial charge in [-0.3, -0.25) is 4.79 Å². The Balaban J connectivity index is 2.26. The Morgan fingerprint density at radius 3 is 2.68 bits per heavy atom. The number of halogens is 2. The Morgan fingerprint density at radius 2 is 2.00 bits per heavy atom. The van der Waals surface area contributed by atoms with Crippen LogP contribution in [0.4, 0.5) is 4.39 Å². The molecule has 0 fully saturated rings. The SMILES string of the molecule is COc1ccccc1CC(=O)c1ccc(F)cc1Cl. The summed E-state index contributed by atoms with van der Waals surface area (Å²) in [6, 6.07) is 11.0. The zero-order chi connectivity index (χ0) is 13.8. The third-order valence-corrected chi connectivity index (χ3v) is 3.09. The van der Waals surface area contributed by atoms with Crippen molar-refractivity contribution in [3.63, 3.8) is 0 Å². The number of rotatable bonds is 4. The Bertz CT molecular complexity index is 611. The molecule has 0 aliphatic rings. The molecule has 2 aromatic carbocycles. The second-order valence-corrected chi connectivity index (χ2v) is 4.44. The Morgan fingerprint density at radius 1 is 1.26 bits per heavy atom. The first-order valence-electron chi connectivity index (χ1n) is 5.72. The van der Waals surface area contributed by atoms with E-state index in [1.54, 1.807) is 13.2 Å². The van der Waals surface area contributed by atoms with Gasteiger partial charge in [0.15, 0.2) is 5.78 Å². The van der Waals surface area contributed by atoms with Crippen molar-refractivity contribution in [2.75, 3.05) is 7.11 Å². The first kappa shape index (κ1) is 13.6. The minimum Gasteiger partial charge on any atom is -0.496 e. The van der Waals surface area contributed by atoms with Crippen LogP contribution in [0.3, 0.4) is 0 Å². The summed E-state index contributed by atoms with van der Waals surface area (Å²) in [4.78, 5) is 12.2. The number of benzene rings is 2. The van der Waals surface area contributed by atoms with Crippen molar-refractivity contribution < 1.29 is 13.9 Å². The molecular formula is C15H12ClFO2. The predicted octanol–water partition coefficient (Wildman–Crippen LogP) is 3.91. The number of hydrogen-bond acceptors (Lipinski definition) is 2. The lowest BCUT2D eigenvalue weighted by molar-refractivity contribution is 0.0992. The van der Waals surface area contributed by atoms with Gasteiger partial charge < -0.3 is 4.74 Å². The smallest absolute Gasteiger partial charge is 0.168 e. The van der Waals surface area contributed by atoms with Crippen LogP contribution in [0.15, 0.2) is 42.5 Å². The highest BCUT2D eigenvalue weighted by Crippen LogP contribution is 2.23. The molecule has 2 rings (SSSR count). The number of ether oxygens (including phenoxy) is 1. The van der Waals surface area contributed by atoms with Crippen molar-refractivity contribution in [3.8, 4) is 5.75 Å². The number of carbonyl (C=O) groups is 1. The molecule has 0 aromatic heterocycles. The van der Waals surface area contributed by atoms with Crippen LogP contribution in [0.25, 0.3) is 0 Å². The van der Waals surface area contributed by atoms with E-state index in [9.17, 15) is 9.18 Å². The fourth-order valence-corrected chi connectivity index (χ4v) is 2.11. The van der Waals surface area contributed by atoms with Crippen LogP contribution in [0.1, 0.15) is 15.9 Å². The van der Waals surface area contributed by atoms with Crippen molar-refractivity contribution in [1.29, 1.82) is 0 Å². The molecule has 0 radical (unpaired) electrons. The molecule has 0 heterocycles. The zero-order valence-electron chi connectivity index (χ0n) is 10.3. The molecule has 0 saturated carbocycles. The largest absolute Gasteiger partial charge is 0.496 e.